The maximum atomic E-state index is 13.1. The lowest BCUT2D eigenvalue weighted by Gasteiger charge is -2.40. The standard InChI is InChI=1S/C21H24ClN3O4S/c1-15-7-8-16(22)13-18(15)23-9-11-24(12-10-23)21(26)20-14-25(30(2,27)28)17-5-3-4-6-19(17)29-20/h3-8,13,20H,9-12,14H2,1-2H3. The second kappa shape index (κ2) is 8.00. The number of halogens is 1. The lowest BCUT2D eigenvalue weighted by Crippen LogP contribution is -2.56. The number of aryl methyl sites for hydroxylation is 1. The number of carbonyl (C=O) groups is 1. The highest BCUT2D eigenvalue weighted by Gasteiger charge is 2.37. The number of benzene rings is 2. The molecule has 2 aliphatic rings. The molecule has 0 saturated carbocycles. The Bertz CT molecular complexity index is 1070. The van der Waals surface area contributed by atoms with E-state index in [-0.39, 0.29) is 12.5 Å². The summed E-state index contributed by atoms with van der Waals surface area (Å²) in [6.07, 6.45) is 0.275. The monoisotopic (exact) mass is 449 g/mol. The Labute approximate surface area is 181 Å². The SMILES string of the molecule is Cc1ccc(Cl)cc1N1CCN(C(=O)C2CN(S(C)(=O)=O)c3ccccc3O2)CC1. The molecule has 0 spiro atoms. The van der Waals surface area contributed by atoms with E-state index in [9.17, 15) is 13.2 Å². The molecule has 1 fully saturated rings. The number of hydrogen-bond acceptors (Lipinski definition) is 5. The molecule has 0 radical (unpaired) electrons. The number of para-hydroxylation sites is 2. The summed E-state index contributed by atoms with van der Waals surface area (Å²) < 4.78 is 31.7. The van der Waals surface area contributed by atoms with E-state index in [1.807, 2.05) is 25.1 Å². The highest BCUT2D eigenvalue weighted by Crippen LogP contribution is 2.35. The fraction of sp³-hybridized carbons (Fsp3) is 0.381. The van der Waals surface area contributed by atoms with Gasteiger partial charge in [0.05, 0.1) is 18.5 Å². The summed E-state index contributed by atoms with van der Waals surface area (Å²) in [6, 6.07) is 12.7. The summed E-state index contributed by atoms with van der Waals surface area (Å²) in [5.41, 5.74) is 2.67. The number of carbonyl (C=O) groups excluding carboxylic acids is 1. The summed E-state index contributed by atoms with van der Waals surface area (Å²) in [5, 5.41) is 0.684. The van der Waals surface area contributed by atoms with E-state index in [1.54, 1.807) is 29.2 Å². The van der Waals surface area contributed by atoms with Crippen LogP contribution >= 0.6 is 11.6 Å². The number of fused-ring (bicyclic) bond motifs is 1. The van der Waals surface area contributed by atoms with Crippen LogP contribution in [0.1, 0.15) is 5.56 Å². The van der Waals surface area contributed by atoms with Crippen LogP contribution in [-0.2, 0) is 14.8 Å². The third kappa shape index (κ3) is 4.06. The molecule has 4 rings (SSSR count). The molecule has 9 heteroatoms. The van der Waals surface area contributed by atoms with Gasteiger partial charge in [0.25, 0.3) is 5.91 Å². The van der Waals surface area contributed by atoms with Gasteiger partial charge in [-0.25, -0.2) is 8.42 Å². The van der Waals surface area contributed by atoms with Crippen molar-refractivity contribution in [2.75, 3.05) is 48.2 Å². The van der Waals surface area contributed by atoms with E-state index >= 15 is 0 Å². The van der Waals surface area contributed by atoms with Gasteiger partial charge in [-0.2, -0.15) is 0 Å². The Morgan fingerprint density at radius 3 is 2.47 bits per heavy atom. The molecule has 0 bridgehead atoms. The van der Waals surface area contributed by atoms with Crippen LogP contribution in [0.5, 0.6) is 5.75 Å². The van der Waals surface area contributed by atoms with Crippen molar-refractivity contribution in [3.63, 3.8) is 0 Å². The van der Waals surface area contributed by atoms with Gasteiger partial charge in [0.15, 0.2) is 6.10 Å². The van der Waals surface area contributed by atoms with E-state index in [0.29, 0.717) is 42.6 Å². The van der Waals surface area contributed by atoms with E-state index in [4.69, 9.17) is 16.3 Å². The van der Waals surface area contributed by atoms with Crippen LogP contribution in [0.15, 0.2) is 42.5 Å². The maximum absolute atomic E-state index is 13.1. The molecule has 30 heavy (non-hydrogen) atoms. The zero-order valence-electron chi connectivity index (χ0n) is 16.9. The van der Waals surface area contributed by atoms with Crippen molar-refractivity contribution in [1.82, 2.24) is 4.90 Å². The zero-order chi connectivity index (χ0) is 21.5. The molecule has 7 nitrogen and oxygen atoms in total. The van der Waals surface area contributed by atoms with E-state index < -0.39 is 16.1 Å². The van der Waals surface area contributed by atoms with Gasteiger partial charge in [0.2, 0.25) is 10.0 Å². The number of ether oxygens (including phenoxy) is 1. The van der Waals surface area contributed by atoms with Gasteiger partial charge in [-0.3, -0.25) is 9.10 Å². The molecule has 1 saturated heterocycles. The van der Waals surface area contributed by atoms with Crippen LogP contribution in [0.4, 0.5) is 11.4 Å². The minimum absolute atomic E-state index is 0.0255. The van der Waals surface area contributed by atoms with Gasteiger partial charge < -0.3 is 14.5 Å². The average molecular weight is 450 g/mol. The number of piperazine rings is 1. The molecule has 2 aromatic carbocycles. The van der Waals surface area contributed by atoms with E-state index in [2.05, 4.69) is 4.90 Å². The Kier molecular flexibility index (Phi) is 5.55. The lowest BCUT2D eigenvalue weighted by atomic mass is 10.1. The van der Waals surface area contributed by atoms with Gasteiger partial charge in [-0.05, 0) is 36.8 Å². The second-order valence-corrected chi connectivity index (χ2v) is 9.95. The Morgan fingerprint density at radius 2 is 1.77 bits per heavy atom. The lowest BCUT2D eigenvalue weighted by molar-refractivity contribution is -0.138. The summed E-state index contributed by atoms with van der Waals surface area (Å²) in [7, 11) is -3.53. The van der Waals surface area contributed by atoms with Crippen molar-refractivity contribution in [2.45, 2.75) is 13.0 Å². The minimum atomic E-state index is -3.53. The largest absolute Gasteiger partial charge is 0.476 e. The van der Waals surface area contributed by atoms with Crippen LogP contribution in [-0.4, -0.2) is 64.3 Å². The number of amides is 1. The zero-order valence-corrected chi connectivity index (χ0v) is 18.5. The maximum Gasteiger partial charge on any atom is 0.265 e. The number of anilines is 2. The molecule has 160 valence electrons. The van der Waals surface area contributed by atoms with Crippen LogP contribution in [0.3, 0.4) is 0 Å². The first-order valence-electron chi connectivity index (χ1n) is 9.77. The molecule has 0 N–H and O–H groups in total. The third-order valence-corrected chi connectivity index (χ3v) is 6.90. The molecule has 1 atom stereocenters. The fourth-order valence-electron chi connectivity index (χ4n) is 3.94. The molecule has 2 heterocycles. The topological polar surface area (TPSA) is 70.2 Å². The summed E-state index contributed by atoms with van der Waals surface area (Å²) in [5.74, 6) is 0.210. The second-order valence-electron chi connectivity index (χ2n) is 7.61. The Balaban J connectivity index is 1.48. The quantitative estimate of drug-likeness (QED) is 0.720. The van der Waals surface area contributed by atoms with E-state index in [1.165, 1.54) is 4.31 Å². The van der Waals surface area contributed by atoms with Crippen LogP contribution in [0.25, 0.3) is 0 Å². The first kappa shape index (κ1) is 20.8. The highest BCUT2D eigenvalue weighted by molar-refractivity contribution is 7.92. The molecule has 0 aliphatic carbocycles. The Morgan fingerprint density at radius 1 is 1.07 bits per heavy atom. The van der Waals surface area contributed by atoms with Gasteiger partial charge in [0.1, 0.15) is 5.75 Å². The van der Waals surface area contributed by atoms with Crippen molar-refractivity contribution < 1.29 is 17.9 Å². The molecular formula is C21H24ClN3O4S. The summed E-state index contributed by atoms with van der Waals surface area (Å²) in [4.78, 5) is 17.1. The number of nitrogens with zero attached hydrogens (tertiary/aromatic N) is 3. The van der Waals surface area contributed by atoms with Crippen molar-refractivity contribution in [2.24, 2.45) is 0 Å². The molecule has 0 aromatic heterocycles. The molecular weight excluding hydrogens is 426 g/mol. The molecule has 1 amide bonds. The molecule has 2 aromatic rings. The van der Waals surface area contributed by atoms with E-state index in [0.717, 1.165) is 17.5 Å². The molecule has 2 aliphatic heterocycles. The highest BCUT2D eigenvalue weighted by atomic mass is 35.5. The normalized spacial score (nSPS) is 19.3. The van der Waals surface area contributed by atoms with Crippen molar-refractivity contribution >= 4 is 38.9 Å². The predicted octanol–water partition coefficient (Wildman–Crippen LogP) is 2.52. The first-order valence-corrected chi connectivity index (χ1v) is 12.0. The van der Waals surface area contributed by atoms with Gasteiger partial charge >= 0.3 is 0 Å². The van der Waals surface area contributed by atoms with Crippen molar-refractivity contribution in [3.05, 3.63) is 53.1 Å². The number of sulfonamides is 1. The summed E-state index contributed by atoms with van der Waals surface area (Å²) >= 11 is 6.15. The third-order valence-electron chi connectivity index (χ3n) is 5.51. The first-order chi connectivity index (χ1) is 14.2. The van der Waals surface area contributed by atoms with Crippen molar-refractivity contribution in [1.29, 1.82) is 0 Å². The Hall–Kier alpha value is -2.45. The predicted molar refractivity (Wildman–Crippen MR) is 118 cm³/mol. The fourth-order valence-corrected chi connectivity index (χ4v) is 5.02. The number of hydrogen-bond donors (Lipinski definition) is 0. The van der Waals surface area contributed by atoms with Gasteiger partial charge in [0, 0.05) is 36.9 Å². The van der Waals surface area contributed by atoms with Gasteiger partial charge in [-0.15, -0.1) is 0 Å². The minimum Gasteiger partial charge on any atom is -0.476 e. The smallest absolute Gasteiger partial charge is 0.265 e. The van der Waals surface area contributed by atoms with Crippen LogP contribution < -0.4 is 13.9 Å². The van der Waals surface area contributed by atoms with Crippen LogP contribution in [0, 0.1) is 6.92 Å². The van der Waals surface area contributed by atoms with Crippen molar-refractivity contribution in [3.8, 4) is 5.75 Å². The summed E-state index contributed by atoms with van der Waals surface area (Å²) in [6.45, 7) is 4.42. The number of rotatable bonds is 3. The van der Waals surface area contributed by atoms with Gasteiger partial charge in [-0.1, -0.05) is 29.8 Å². The van der Waals surface area contributed by atoms with Crippen LogP contribution in [0.2, 0.25) is 5.02 Å². The molecule has 1 unspecified atom stereocenters. The average Bonchev–Trinajstić information content (AvgIpc) is 2.73.